The van der Waals surface area contributed by atoms with Crippen LogP contribution in [0, 0.1) is 41.9 Å². The van der Waals surface area contributed by atoms with Gasteiger partial charge in [0.05, 0.1) is 18.2 Å². The van der Waals surface area contributed by atoms with E-state index in [1.807, 2.05) is 116 Å². The Morgan fingerprint density at radius 3 is 2.41 bits per heavy atom. The van der Waals surface area contributed by atoms with Crippen LogP contribution >= 0.6 is 0 Å². The van der Waals surface area contributed by atoms with Crippen molar-refractivity contribution in [3.05, 3.63) is 119 Å². The van der Waals surface area contributed by atoms with Gasteiger partial charge in [0.25, 0.3) is 0 Å². The molecule has 0 N–H and O–H groups in total. The van der Waals surface area contributed by atoms with Crippen molar-refractivity contribution in [3.63, 3.8) is 0 Å². The highest BCUT2D eigenvalue weighted by Crippen LogP contribution is 2.56. The number of Topliss-reactive ketones (excluding diaryl/α,β-unsaturated/α-hetero) is 1. The second-order valence-corrected chi connectivity index (χ2v) is 10.0. The number of ketones is 1. The summed E-state index contributed by atoms with van der Waals surface area (Å²) in [5, 5.41) is 23.4. The summed E-state index contributed by atoms with van der Waals surface area (Å²) >= 11 is 0. The minimum absolute atomic E-state index is 0.0714. The van der Waals surface area contributed by atoms with Gasteiger partial charge < -0.3 is 4.90 Å². The number of hydrogen-bond donors (Lipinski definition) is 0. The molecule has 2 heterocycles. The van der Waals surface area contributed by atoms with Gasteiger partial charge in [0, 0.05) is 17.2 Å². The van der Waals surface area contributed by atoms with Crippen molar-refractivity contribution in [3.8, 4) is 12.1 Å². The summed E-state index contributed by atoms with van der Waals surface area (Å²) in [4.78, 5) is 16.6. The third kappa shape index (κ3) is 3.23. The van der Waals surface area contributed by atoms with Crippen LogP contribution in [0.3, 0.4) is 0 Å². The molecule has 4 aromatic rings. The molecule has 2 aliphatic heterocycles. The second-order valence-electron chi connectivity index (χ2n) is 10.0. The Labute approximate surface area is 216 Å². The van der Waals surface area contributed by atoms with E-state index in [0.717, 1.165) is 38.7 Å². The molecule has 0 aliphatic carbocycles. The van der Waals surface area contributed by atoms with Gasteiger partial charge in [-0.2, -0.15) is 10.5 Å². The number of hydrogen-bond acceptors (Lipinski definition) is 4. The van der Waals surface area contributed by atoms with Crippen LogP contribution in [0.25, 0.3) is 16.8 Å². The van der Waals surface area contributed by atoms with Crippen LogP contribution in [0.15, 0.2) is 91.0 Å². The lowest BCUT2D eigenvalue weighted by molar-refractivity contribution is 0.0950. The van der Waals surface area contributed by atoms with Crippen molar-refractivity contribution in [1.29, 1.82) is 10.5 Å². The smallest absolute Gasteiger partial charge is 0.186 e. The Morgan fingerprint density at radius 2 is 1.62 bits per heavy atom. The maximum absolute atomic E-state index is 14.6. The summed E-state index contributed by atoms with van der Waals surface area (Å²) in [6, 6.07) is 31.2. The van der Waals surface area contributed by atoms with Crippen molar-refractivity contribution < 1.29 is 4.79 Å². The third-order valence-electron chi connectivity index (χ3n) is 7.99. The zero-order valence-electron chi connectivity index (χ0n) is 20.7. The molecular formula is C33H25N3O. The highest BCUT2D eigenvalue weighted by Gasteiger charge is 2.63. The zero-order valence-corrected chi connectivity index (χ0v) is 20.7. The molecule has 0 aromatic heterocycles. The van der Waals surface area contributed by atoms with E-state index in [4.69, 9.17) is 0 Å². The fourth-order valence-electron chi connectivity index (χ4n) is 6.35. The van der Waals surface area contributed by atoms with Crippen molar-refractivity contribution in [2.45, 2.75) is 31.8 Å². The topological polar surface area (TPSA) is 67.9 Å². The van der Waals surface area contributed by atoms with E-state index in [1.165, 1.54) is 0 Å². The predicted octanol–water partition coefficient (Wildman–Crippen LogP) is 6.74. The molecule has 3 atom stereocenters. The Hall–Kier alpha value is -4.67. The first kappa shape index (κ1) is 22.8. The number of benzene rings is 4. The fraction of sp³-hybridized carbons (Fsp3) is 0.182. The van der Waals surface area contributed by atoms with Crippen molar-refractivity contribution in [2.75, 3.05) is 4.90 Å². The van der Waals surface area contributed by atoms with Crippen LogP contribution in [0.5, 0.6) is 0 Å². The number of para-hydroxylation sites is 1. The number of carbonyl (C=O) groups excluding carboxylic acids is 1. The fourth-order valence-corrected chi connectivity index (χ4v) is 6.35. The lowest BCUT2D eigenvalue weighted by atomic mass is 9.68. The van der Waals surface area contributed by atoms with Crippen LogP contribution in [-0.4, -0.2) is 17.9 Å². The Bertz CT molecular complexity index is 1670. The van der Waals surface area contributed by atoms with E-state index in [2.05, 4.69) is 12.1 Å². The summed E-state index contributed by atoms with van der Waals surface area (Å²) in [6.07, 6.45) is 3.91. The van der Waals surface area contributed by atoms with Gasteiger partial charge in [-0.15, -0.1) is 0 Å². The van der Waals surface area contributed by atoms with Crippen LogP contribution in [-0.2, 0) is 0 Å². The maximum Gasteiger partial charge on any atom is 0.186 e. The Kier molecular flexibility index (Phi) is 5.21. The van der Waals surface area contributed by atoms with E-state index in [9.17, 15) is 15.3 Å². The summed E-state index contributed by atoms with van der Waals surface area (Å²) in [5.41, 5.74) is 3.83. The largest absolute Gasteiger partial charge is 0.351 e. The maximum atomic E-state index is 14.6. The SMILES string of the molecule is Cc1ccc(C(=O)[C@@H]2[C@@H](c3cccc4ccccc34)C(C#N)(C#N)[C@H]3C=Cc4ccccc4N23)c(C)c1. The average Bonchev–Trinajstić information content (AvgIpc) is 3.23. The third-order valence-corrected chi connectivity index (χ3v) is 7.99. The number of anilines is 1. The first-order valence-corrected chi connectivity index (χ1v) is 12.5. The van der Waals surface area contributed by atoms with Gasteiger partial charge in [-0.05, 0) is 47.4 Å². The van der Waals surface area contributed by atoms with Gasteiger partial charge in [-0.25, -0.2) is 0 Å². The monoisotopic (exact) mass is 479 g/mol. The lowest BCUT2D eigenvalue weighted by Gasteiger charge is -2.35. The number of nitriles is 2. The minimum Gasteiger partial charge on any atom is -0.351 e. The Morgan fingerprint density at radius 1 is 0.892 bits per heavy atom. The van der Waals surface area contributed by atoms with E-state index in [-0.39, 0.29) is 5.78 Å². The molecule has 4 nitrogen and oxygen atoms in total. The quantitative estimate of drug-likeness (QED) is 0.305. The molecule has 1 fully saturated rings. The van der Waals surface area contributed by atoms with Gasteiger partial charge in [0.2, 0.25) is 0 Å². The highest BCUT2D eigenvalue weighted by molar-refractivity contribution is 6.06. The minimum atomic E-state index is -1.47. The van der Waals surface area contributed by atoms with E-state index in [1.54, 1.807) is 0 Å². The molecule has 178 valence electrons. The van der Waals surface area contributed by atoms with Crippen molar-refractivity contribution in [2.24, 2.45) is 5.41 Å². The summed E-state index contributed by atoms with van der Waals surface area (Å²) in [5.74, 6) is -0.736. The summed E-state index contributed by atoms with van der Waals surface area (Å²) < 4.78 is 0. The number of nitrogens with zero attached hydrogens (tertiary/aromatic N) is 3. The van der Waals surface area contributed by atoms with Crippen LogP contribution in [0.1, 0.15) is 38.5 Å². The van der Waals surface area contributed by atoms with Gasteiger partial charge in [-0.3, -0.25) is 4.79 Å². The van der Waals surface area contributed by atoms with Gasteiger partial charge in [0.1, 0.15) is 6.04 Å². The molecule has 0 amide bonds. The van der Waals surface area contributed by atoms with Gasteiger partial charge >= 0.3 is 0 Å². The summed E-state index contributed by atoms with van der Waals surface area (Å²) in [6.45, 7) is 3.96. The van der Waals surface area contributed by atoms with Crippen molar-refractivity contribution in [1.82, 2.24) is 0 Å². The highest BCUT2D eigenvalue weighted by atomic mass is 16.1. The number of carbonyl (C=O) groups is 1. The number of aryl methyl sites for hydroxylation is 2. The van der Waals surface area contributed by atoms with E-state index in [0.29, 0.717) is 5.56 Å². The molecule has 1 saturated heterocycles. The number of rotatable bonds is 3. The standard InChI is InChI=1S/C33H25N3O/c1-21-14-16-25(22(2)18-21)32(37)31-30(27-12-7-10-23-8-3-5-11-26(23)27)33(19-34,20-35)29-17-15-24-9-4-6-13-28(24)36(29)31/h3-18,29-31H,1-2H3/t29-,30-,31+/m1/s1. The first-order valence-electron chi connectivity index (χ1n) is 12.5. The van der Waals surface area contributed by atoms with Crippen LogP contribution < -0.4 is 4.90 Å². The molecule has 2 aliphatic rings. The molecule has 0 unspecified atom stereocenters. The molecule has 4 aromatic carbocycles. The molecule has 6 rings (SSSR count). The molecule has 0 bridgehead atoms. The van der Waals surface area contributed by atoms with Gasteiger partial charge in [-0.1, -0.05) is 96.6 Å². The van der Waals surface area contributed by atoms with Crippen LogP contribution in [0.4, 0.5) is 5.69 Å². The first-order chi connectivity index (χ1) is 18.0. The molecule has 37 heavy (non-hydrogen) atoms. The molecular weight excluding hydrogens is 454 g/mol. The summed E-state index contributed by atoms with van der Waals surface area (Å²) in [7, 11) is 0. The molecule has 4 heteroatoms. The molecule has 0 spiro atoms. The average molecular weight is 480 g/mol. The normalized spacial score (nSPS) is 21.1. The van der Waals surface area contributed by atoms with E-state index < -0.39 is 23.4 Å². The zero-order chi connectivity index (χ0) is 25.7. The lowest BCUT2D eigenvalue weighted by Crippen LogP contribution is -2.44. The number of fused-ring (bicyclic) bond motifs is 4. The Balaban J connectivity index is 1.68. The van der Waals surface area contributed by atoms with Crippen LogP contribution in [0.2, 0.25) is 0 Å². The van der Waals surface area contributed by atoms with Crippen molar-refractivity contribution >= 4 is 28.3 Å². The molecule has 0 radical (unpaired) electrons. The molecule has 0 saturated carbocycles. The van der Waals surface area contributed by atoms with Gasteiger partial charge in [0.15, 0.2) is 11.2 Å². The predicted molar refractivity (Wildman–Crippen MR) is 146 cm³/mol. The second kappa shape index (κ2) is 8.47. The van der Waals surface area contributed by atoms with E-state index >= 15 is 0 Å².